The lowest BCUT2D eigenvalue weighted by atomic mass is 10.1. The molecule has 0 spiro atoms. The number of rotatable bonds is 10. The molecule has 5 heteroatoms. The Balaban J connectivity index is 1.75. The Morgan fingerprint density at radius 3 is 2.81 bits per heavy atom. The van der Waals surface area contributed by atoms with Crippen LogP contribution in [-0.2, 0) is 4.79 Å². The van der Waals surface area contributed by atoms with Crippen molar-refractivity contribution >= 4 is 12.0 Å². The fraction of sp³-hybridized carbons (Fsp3) is 0.476. The Morgan fingerprint density at radius 1 is 1.27 bits per heavy atom. The summed E-state index contributed by atoms with van der Waals surface area (Å²) in [6.07, 6.45) is 9.96. The quantitative estimate of drug-likeness (QED) is 0.396. The highest BCUT2D eigenvalue weighted by atomic mass is 16.5. The number of piperidine rings is 1. The molecule has 0 atom stereocenters. The van der Waals surface area contributed by atoms with Crippen LogP contribution in [0.15, 0.2) is 36.9 Å². The van der Waals surface area contributed by atoms with E-state index in [2.05, 4.69) is 16.8 Å². The lowest BCUT2D eigenvalue weighted by molar-refractivity contribution is -0.116. The monoisotopic (exact) mass is 358 g/mol. The minimum Gasteiger partial charge on any atom is -0.493 e. The van der Waals surface area contributed by atoms with Crippen LogP contribution in [0.2, 0.25) is 0 Å². The van der Waals surface area contributed by atoms with Gasteiger partial charge in [0.15, 0.2) is 11.5 Å². The maximum Gasteiger partial charge on any atom is 0.243 e. The highest BCUT2D eigenvalue weighted by Gasteiger charge is 2.09. The van der Waals surface area contributed by atoms with Crippen LogP contribution in [0.5, 0.6) is 11.5 Å². The molecule has 0 aromatic heterocycles. The zero-order chi connectivity index (χ0) is 18.6. The topological polar surface area (TPSA) is 50.8 Å². The highest BCUT2D eigenvalue weighted by molar-refractivity contribution is 5.91. The molecule has 1 aromatic carbocycles. The number of ether oxygens (including phenoxy) is 2. The summed E-state index contributed by atoms with van der Waals surface area (Å²) >= 11 is 0. The number of hydrogen-bond donors (Lipinski definition) is 1. The summed E-state index contributed by atoms with van der Waals surface area (Å²) in [6.45, 7) is 8.21. The number of carbonyl (C=O) groups is 1. The first-order valence-corrected chi connectivity index (χ1v) is 9.33. The average Bonchev–Trinajstić information content (AvgIpc) is 2.69. The van der Waals surface area contributed by atoms with Crippen LogP contribution < -0.4 is 14.8 Å². The number of hydrogen-bond acceptors (Lipinski definition) is 4. The summed E-state index contributed by atoms with van der Waals surface area (Å²) in [5, 5.41) is 2.94. The Labute approximate surface area is 156 Å². The van der Waals surface area contributed by atoms with Gasteiger partial charge in [-0.2, -0.15) is 0 Å². The third-order valence-corrected chi connectivity index (χ3v) is 4.37. The maximum absolute atomic E-state index is 12.0. The van der Waals surface area contributed by atoms with E-state index >= 15 is 0 Å². The van der Waals surface area contributed by atoms with Gasteiger partial charge in [0, 0.05) is 12.6 Å². The van der Waals surface area contributed by atoms with Crippen molar-refractivity contribution in [3.63, 3.8) is 0 Å². The zero-order valence-corrected chi connectivity index (χ0v) is 15.7. The van der Waals surface area contributed by atoms with Crippen molar-refractivity contribution < 1.29 is 14.3 Å². The van der Waals surface area contributed by atoms with Gasteiger partial charge >= 0.3 is 0 Å². The van der Waals surface area contributed by atoms with Crippen LogP contribution in [0.3, 0.4) is 0 Å². The third kappa shape index (κ3) is 6.92. The van der Waals surface area contributed by atoms with E-state index in [-0.39, 0.29) is 5.91 Å². The number of benzene rings is 1. The lowest BCUT2D eigenvalue weighted by Crippen LogP contribution is -2.33. The van der Waals surface area contributed by atoms with Crippen molar-refractivity contribution in [2.75, 3.05) is 39.9 Å². The zero-order valence-electron chi connectivity index (χ0n) is 15.7. The molecule has 0 radical (unpaired) electrons. The summed E-state index contributed by atoms with van der Waals surface area (Å²) in [7, 11) is 1.60. The fourth-order valence-corrected chi connectivity index (χ4v) is 2.98. The number of nitrogens with one attached hydrogen (secondary N) is 1. The molecule has 1 saturated heterocycles. The summed E-state index contributed by atoms with van der Waals surface area (Å²) in [6, 6.07) is 5.57. The predicted octanol–water partition coefficient (Wildman–Crippen LogP) is 3.27. The van der Waals surface area contributed by atoms with Crippen LogP contribution in [-0.4, -0.2) is 50.7 Å². The molecule has 0 aliphatic carbocycles. The first kappa shape index (κ1) is 20.0. The van der Waals surface area contributed by atoms with Crippen molar-refractivity contribution in [2.45, 2.75) is 25.7 Å². The molecule has 1 aliphatic heterocycles. The molecule has 1 fully saturated rings. The molecule has 1 aromatic rings. The van der Waals surface area contributed by atoms with Crippen LogP contribution in [0, 0.1) is 0 Å². The van der Waals surface area contributed by atoms with Gasteiger partial charge in [-0.3, -0.25) is 4.79 Å². The Hall–Kier alpha value is -2.27. The number of nitrogens with zero attached hydrogens (tertiary/aromatic N) is 1. The normalized spacial score (nSPS) is 15.0. The first-order chi connectivity index (χ1) is 12.7. The maximum atomic E-state index is 12.0. The van der Waals surface area contributed by atoms with Crippen LogP contribution >= 0.6 is 0 Å². The van der Waals surface area contributed by atoms with Crippen molar-refractivity contribution in [3.8, 4) is 11.5 Å². The number of methoxy groups -OCH3 is 1. The largest absolute Gasteiger partial charge is 0.493 e. The molecule has 0 unspecified atom stereocenters. The molecule has 5 nitrogen and oxygen atoms in total. The van der Waals surface area contributed by atoms with E-state index in [1.807, 2.05) is 18.2 Å². The Morgan fingerprint density at radius 2 is 2.08 bits per heavy atom. The van der Waals surface area contributed by atoms with E-state index < -0.39 is 0 Å². The lowest BCUT2D eigenvalue weighted by Gasteiger charge is -2.26. The van der Waals surface area contributed by atoms with Gasteiger partial charge in [-0.1, -0.05) is 25.1 Å². The summed E-state index contributed by atoms with van der Waals surface area (Å²) in [5.41, 5.74) is 0.885. The second kappa shape index (κ2) is 11.4. The van der Waals surface area contributed by atoms with E-state index in [0.717, 1.165) is 18.5 Å². The van der Waals surface area contributed by atoms with E-state index in [1.54, 1.807) is 25.3 Å². The minimum absolute atomic E-state index is 0.0744. The van der Waals surface area contributed by atoms with Crippen molar-refractivity contribution in [1.29, 1.82) is 0 Å². The minimum atomic E-state index is -0.0744. The SMILES string of the molecule is C=CCOc1ccc(/C=C/C(=O)NCCCN2CCCCC2)cc1OC. The third-order valence-electron chi connectivity index (χ3n) is 4.37. The van der Waals surface area contributed by atoms with E-state index in [1.165, 1.54) is 32.4 Å². The number of carbonyl (C=O) groups excluding carboxylic acids is 1. The van der Waals surface area contributed by atoms with Gasteiger partial charge < -0.3 is 19.7 Å². The highest BCUT2D eigenvalue weighted by Crippen LogP contribution is 2.28. The van der Waals surface area contributed by atoms with Gasteiger partial charge in [0.2, 0.25) is 5.91 Å². The van der Waals surface area contributed by atoms with Crippen LogP contribution in [0.1, 0.15) is 31.2 Å². The van der Waals surface area contributed by atoms with Crippen molar-refractivity contribution in [3.05, 3.63) is 42.5 Å². The Kier molecular flexibility index (Phi) is 8.76. The molecular weight excluding hydrogens is 328 g/mol. The summed E-state index contributed by atoms with van der Waals surface area (Å²) in [4.78, 5) is 14.4. The van der Waals surface area contributed by atoms with Gasteiger partial charge in [-0.15, -0.1) is 0 Å². The van der Waals surface area contributed by atoms with Gasteiger partial charge in [0.05, 0.1) is 7.11 Å². The molecule has 1 amide bonds. The molecule has 142 valence electrons. The molecule has 1 aliphatic rings. The first-order valence-electron chi connectivity index (χ1n) is 9.33. The van der Waals surface area contributed by atoms with Crippen molar-refractivity contribution in [1.82, 2.24) is 10.2 Å². The van der Waals surface area contributed by atoms with E-state index in [9.17, 15) is 4.79 Å². The molecule has 2 rings (SSSR count). The van der Waals surface area contributed by atoms with E-state index in [0.29, 0.717) is 24.7 Å². The predicted molar refractivity (Wildman–Crippen MR) is 106 cm³/mol. The second-order valence-electron chi connectivity index (χ2n) is 6.39. The average molecular weight is 358 g/mol. The fourth-order valence-electron chi connectivity index (χ4n) is 2.98. The molecule has 0 bridgehead atoms. The molecular formula is C21H30N2O3. The molecule has 0 saturated carbocycles. The van der Waals surface area contributed by atoms with Gasteiger partial charge in [-0.05, 0) is 62.7 Å². The summed E-state index contributed by atoms with van der Waals surface area (Å²) < 4.78 is 10.9. The van der Waals surface area contributed by atoms with Crippen molar-refractivity contribution in [2.24, 2.45) is 0 Å². The standard InChI is InChI=1S/C21H30N2O3/c1-3-16-26-19-10-8-18(17-20(19)25-2)9-11-21(24)22-12-7-15-23-13-5-4-6-14-23/h3,8-11,17H,1,4-7,12-16H2,2H3,(H,22,24)/b11-9+. The Bertz CT molecular complexity index is 607. The number of amides is 1. The van der Waals surface area contributed by atoms with Gasteiger partial charge in [0.25, 0.3) is 0 Å². The summed E-state index contributed by atoms with van der Waals surface area (Å²) in [5.74, 6) is 1.22. The van der Waals surface area contributed by atoms with E-state index in [4.69, 9.17) is 9.47 Å². The second-order valence-corrected chi connectivity index (χ2v) is 6.39. The molecule has 1 N–H and O–H groups in total. The number of likely N-dealkylation sites (tertiary alicyclic amines) is 1. The van der Waals surface area contributed by atoms with Gasteiger partial charge in [-0.25, -0.2) is 0 Å². The van der Waals surface area contributed by atoms with Gasteiger partial charge in [0.1, 0.15) is 6.61 Å². The van der Waals surface area contributed by atoms with Crippen LogP contribution in [0.25, 0.3) is 6.08 Å². The smallest absolute Gasteiger partial charge is 0.243 e. The molecule has 26 heavy (non-hydrogen) atoms. The molecule has 1 heterocycles. The van der Waals surface area contributed by atoms with Crippen LogP contribution in [0.4, 0.5) is 0 Å².